The van der Waals surface area contributed by atoms with Gasteiger partial charge in [0.05, 0.1) is 18.4 Å². The Morgan fingerprint density at radius 2 is 1.65 bits per heavy atom. The first-order valence-electron chi connectivity index (χ1n) is 13.1. The largest absolute Gasteiger partial charge is 0.493 e. The minimum Gasteiger partial charge on any atom is -0.493 e. The first-order chi connectivity index (χ1) is 19.2. The third kappa shape index (κ3) is 7.33. The van der Waals surface area contributed by atoms with Crippen LogP contribution in [0.1, 0.15) is 48.9 Å². The number of carboxylic acid groups (broad SMARTS) is 1. The van der Waals surface area contributed by atoms with Gasteiger partial charge in [-0.2, -0.15) is 0 Å². The summed E-state index contributed by atoms with van der Waals surface area (Å²) in [5.41, 5.74) is 11.2. The highest BCUT2D eigenvalue weighted by Crippen LogP contribution is 2.27. The molecule has 9 heteroatoms. The number of aromatic nitrogens is 2. The van der Waals surface area contributed by atoms with Crippen LogP contribution in [0.3, 0.4) is 0 Å². The number of nitrogens with two attached hydrogens (primary N) is 1. The number of ether oxygens (including phenoxy) is 2. The van der Waals surface area contributed by atoms with E-state index in [2.05, 4.69) is 9.97 Å². The summed E-state index contributed by atoms with van der Waals surface area (Å²) in [7, 11) is 0. The number of carboxylic acids is 1. The third-order valence-corrected chi connectivity index (χ3v) is 6.31. The molecule has 4 aromatic rings. The maximum Gasteiger partial charge on any atom is 0.327 e. The number of carbonyl (C=O) groups excluding carboxylic acids is 1. The summed E-state index contributed by atoms with van der Waals surface area (Å²) >= 11 is 0. The SMILES string of the molecule is Cc1oc(-c2ccc(-c3ccncc3)cc2)nc1CCOc1ccc(CCC(=O)O)c(C(N)C(=O)OC(C)C)c1. The van der Waals surface area contributed by atoms with Crippen LogP contribution < -0.4 is 10.5 Å². The molecule has 0 aliphatic heterocycles. The van der Waals surface area contributed by atoms with Crippen LogP contribution in [0.25, 0.3) is 22.6 Å². The van der Waals surface area contributed by atoms with Gasteiger partial charge >= 0.3 is 11.9 Å². The minimum absolute atomic E-state index is 0.0839. The first kappa shape index (κ1) is 28.5. The zero-order chi connectivity index (χ0) is 28.6. The number of hydrogen-bond acceptors (Lipinski definition) is 8. The Hall–Kier alpha value is -4.50. The van der Waals surface area contributed by atoms with Crippen LogP contribution >= 0.6 is 0 Å². The molecule has 2 aromatic heterocycles. The Morgan fingerprint density at radius 1 is 0.975 bits per heavy atom. The van der Waals surface area contributed by atoms with Crippen molar-refractivity contribution in [2.75, 3.05) is 6.61 Å². The highest BCUT2D eigenvalue weighted by molar-refractivity contribution is 5.78. The number of aliphatic carboxylic acids is 1. The minimum atomic E-state index is -1.06. The van der Waals surface area contributed by atoms with Gasteiger partial charge in [0, 0.05) is 30.8 Å². The van der Waals surface area contributed by atoms with Crippen LogP contribution in [0, 0.1) is 6.92 Å². The van der Waals surface area contributed by atoms with Crippen LogP contribution in [0.15, 0.2) is 71.4 Å². The summed E-state index contributed by atoms with van der Waals surface area (Å²) in [6.07, 6.45) is 3.85. The van der Waals surface area contributed by atoms with Crippen molar-refractivity contribution in [1.82, 2.24) is 9.97 Å². The smallest absolute Gasteiger partial charge is 0.327 e. The average molecular weight is 544 g/mol. The fourth-order valence-corrected chi connectivity index (χ4v) is 4.25. The topological polar surface area (TPSA) is 138 Å². The molecule has 1 unspecified atom stereocenters. The Balaban J connectivity index is 1.43. The van der Waals surface area contributed by atoms with E-state index in [4.69, 9.17) is 24.7 Å². The predicted octanol–water partition coefficient (Wildman–Crippen LogP) is 5.30. The molecule has 0 radical (unpaired) electrons. The van der Waals surface area contributed by atoms with Gasteiger partial charge in [0.1, 0.15) is 17.6 Å². The lowest BCUT2D eigenvalue weighted by Gasteiger charge is -2.18. The lowest BCUT2D eigenvalue weighted by Crippen LogP contribution is -2.27. The second-order valence-corrected chi connectivity index (χ2v) is 9.65. The van der Waals surface area contributed by atoms with Crippen molar-refractivity contribution >= 4 is 11.9 Å². The van der Waals surface area contributed by atoms with Crippen molar-refractivity contribution in [3.8, 4) is 28.3 Å². The molecule has 0 aliphatic rings. The zero-order valence-corrected chi connectivity index (χ0v) is 22.8. The number of carbonyl (C=O) groups is 2. The van der Waals surface area contributed by atoms with Gasteiger partial charge in [-0.1, -0.05) is 18.2 Å². The van der Waals surface area contributed by atoms with E-state index in [0.29, 0.717) is 41.6 Å². The molecule has 0 saturated carbocycles. The Bertz CT molecular complexity index is 1450. The second-order valence-electron chi connectivity index (χ2n) is 9.65. The molecule has 2 aromatic carbocycles. The molecule has 3 N–H and O–H groups in total. The molecule has 0 aliphatic carbocycles. The normalized spacial score (nSPS) is 11.8. The van der Waals surface area contributed by atoms with Crippen LogP contribution in [-0.4, -0.2) is 39.7 Å². The molecule has 0 saturated heterocycles. The molecule has 0 spiro atoms. The molecule has 9 nitrogen and oxygen atoms in total. The summed E-state index contributed by atoms with van der Waals surface area (Å²) in [4.78, 5) is 32.3. The third-order valence-electron chi connectivity index (χ3n) is 6.31. The average Bonchev–Trinajstić information content (AvgIpc) is 3.32. The van der Waals surface area contributed by atoms with Gasteiger partial charge in [-0.05, 0) is 85.8 Å². The quantitative estimate of drug-likeness (QED) is 0.228. The van der Waals surface area contributed by atoms with Crippen LogP contribution in [0.5, 0.6) is 5.75 Å². The van der Waals surface area contributed by atoms with Crippen molar-refractivity contribution in [1.29, 1.82) is 0 Å². The van der Waals surface area contributed by atoms with Gasteiger partial charge in [0.15, 0.2) is 0 Å². The molecule has 40 heavy (non-hydrogen) atoms. The number of benzene rings is 2. The van der Waals surface area contributed by atoms with E-state index in [1.807, 2.05) is 43.3 Å². The summed E-state index contributed by atoms with van der Waals surface area (Å²) in [6.45, 7) is 5.66. The van der Waals surface area contributed by atoms with E-state index in [1.54, 1.807) is 44.4 Å². The van der Waals surface area contributed by atoms with Crippen molar-refractivity contribution in [3.63, 3.8) is 0 Å². The molecule has 4 rings (SSSR count). The molecule has 208 valence electrons. The van der Waals surface area contributed by atoms with Crippen LogP contribution in [-0.2, 0) is 27.2 Å². The number of aryl methyl sites for hydroxylation is 2. The van der Waals surface area contributed by atoms with E-state index < -0.39 is 18.0 Å². The van der Waals surface area contributed by atoms with Gasteiger partial charge < -0.3 is 24.7 Å². The van der Waals surface area contributed by atoms with Crippen molar-refractivity contribution in [3.05, 3.63) is 89.6 Å². The van der Waals surface area contributed by atoms with E-state index in [0.717, 1.165) is 22.4 Å². The summed E-state index contributed by atoms with van der Waals surface area (Å²) in [6, 6.07) is 16.0. The lowest BCUT2D eigenvalue weighted by atomic mass is 9.97. The number of hydrogen-bond donors (Lipinski definition) is 2. The van der Waals surface area contributed by atoms with Gasteiger partial charge in [-0.15, -0.1) is 0 Å². The van der Waals surface area contributed by atoms with Crippen LogP contribution in [0.2, 0.25) is 0 Å². The molecule has 0 bridgehead atoms. The zero-order valence-electron chi connectivity index (χ0n) is 22.8. The van der Waals surface area contributed by atoms with E-state index in [9.17, 15) is 9.59 Å². The second kappa shape index (κ2) is 13.0. The molecule has 1 atom stereocenters. The van der Waals surface area contributed by atoms with Crippen LogP contribution in [0.4, 0.5) is 0 Å². The molecular formula is C31H33N3O6. The summed E-state index contributed by atoms with van der Waals surface area (Å²) < 4.78 is 17.2. The van der Waals surface area contributed by atoms with Gasteiger partial charge in [0.25, 0.3) is 0 Å². The highest BCUT2D eigenvalue weighted by atomic mass is 16.5. The first-order valence-corrected chi connectivity index (χ1v) is 13.1. The maximum absolute atomic E-state index is 12.5. The molecule has 2 heterocycles. The number of rotatable bonds is 12. The number of oxazole rings is 1. The van der Waals surface area contributed by atoms with Gasteiger partial charge in [-0.25, -0.2) is 9.78 Å². The molecule has 0 fully saturated rings. The maximum atomic E-state index is 12.5. The van der Waals surface area contributed by atoms with E-state index in [-0.39, 0.29) is 18.9 Å². The summed E-state index contributed by atoms with van der Waals surface area (Å²) in [5.74, 6) is 0.239. The standard InChI is InChI=1S/C31H33N3O6/c1-19(2)39-31(37)29(32)26-18-25(10-8-23(26)9-11-28(35)36)38-17-14-27-20(3)40-30(34-27)24-6-4-21(5-7-24)22-12-15-33-16-13-22/h4-8,10,12-13,15-16,18-19,29H,9,11,14,17,32H2,1-3H3,(H,35,36). The fraction of sp³-hybridized carbons (Fsp3) is 0.290. The van der Waals surface area contributed by atoms with Crippen molar-refractivity contribution in [2.24, 2.45) is 5.73 Å². The Kier molecular flexibility index (Phi) is 9.29. The highest BCUT2D eigenvalue weighted by Gasteiger charge is 2.23. The van der Waals surface area contributed by atoms with Gasteiger partial charge in [0.2, 0.25) is 5.89 Å². The Labute approximate surface area is 233 Å². The fourth-order valence-electron chi connectivity index (χ4n) is 4.25. The number of nitrogens with zero attached hydrogens (tertiary/aromatic N) is 2. The predicted molar refractivity (Wildman–Crippen MR) is 150 cm³/mol. The van der Waals surface area contributed by atoms with Gasteiger partial charge in [-0.3, -0.25) is 9.78 Å². The monoisotopic (exact) mass is 543 g/mol. The molecular weight excluding hydrogens is 510 g/mol. The Morgan fingerprint density at radius 3 is 2.33 bits per heavy atom. The van der Waals surface area contributed by atoms with Crippen molar-refractivity contribution in [2.45, 2.75) is 52.2 Å². The van der Waals surface area contributed by atoms with Crippen molar-refractivity contribution < 1.29 is 28.6 Å². The number of esters is 1. The van der Waals surface area contributed by atoms with E-state index in [1.165, 1.54) is 0 Å². The lowest BCUT2D eigenvalue weighted by molar-refractivity contribution is -0.149. The number of pyridine rings is 1. The summed E-state index contributed by atoms with van der Waals surface area (Å²) in [5, 5.41) is 9.10. The van der Waals surface area contributed by atoms with E-state index >= 15 is 0 Å². The molecule has 0 amide bonds.